The smallest absolute Gasteiger partial charge is 0.106 e. The van der Waals surface area contributed by atoms with E-state index < -0.39 is 0 Å². The van der Waals surface area contributed by atoms with Crippen LogP contribution in [0.3, 0.4) is 0 Å². The molecule has 2 aromatic heterocycles. The maximum Gasteiger partial charge on any atom is 0.106 e. The molecule has 4 heterocycles. The summed E-state index contributed by atoms with van der Waals surface area (Å²) in [6, 6.07) is 4.59. The molecule has 0 atom stereocenters. The molecule has 0 unspecified atom stereocenters. The number of likely N-dealkylation sites (tertiary alicyclic amines) is 1. The Labute approximate surface area is 167 Å². The Morgan fingerprint density at radius 2 is 1.96 bits per heavy atom. The molecular weight excluding hydrogens is 352 g/mol. The van der Waals surface area contributed by atoms with E-state index in [-0.39, 0.29) is 5.41 Å². The first-order chi connectivity index (χ1) is 13.0. The zero-order valence-corrected chi connectivity index (χ0v) is 17.8. The second kappa shape index (κ2) is 6.71. The van der Waals surface area contributed by atoms with Gasteiger partial charge in [-0.05, 0) is 77.7 Å². The Morgan fingerprint density at radius 3 is 2.63 bits per heavy atom. The van der Waals surface area contributed by atoms with Crippen LogP contribution in [0.15, 0.2) is 12.1 Å². The first-order valence-electron chi connectivity index (χ1n) is 10.6. The second-order valence-corrected chi connectivity index (χ2v) is 10.6. The normalized spacial score (nSPS) is 23.1. The lowest BCUT2D eigenvalue weighted by molar-refractivity contribution is 0.100. The maximum absolute atomic E-state index is 5.20. The van der Waals surface area contributed by atoms with Crippen LogP contribution in [0, 0.1) is 19.8 Å². The van der Waals surface area contributed by atoms with E-state index in [0.717, 1.165) is 19.0 Å². The van der Waals surface area contributed by atoms with E-state index in [2.05, 4.69) is 47.4 Å². The van der Waals surface area contributed by atoms with E-state index in [9.17, 15) is 0 Å². The van der Waals surface area contributed by atoms with Crippen molar-refractivity contribution in [3.8, 4) is 0 Å². The van der Waals surface area contributed by atoms with Gasteiger partial charge >= 0.3 is 0 Å². The molecule has 2 fully saturated rings. The van der Waals surface area contributed by atoms with Gasteiger partial charge in [0.1, 0.15) is 5.82 Å². The van der Waals surface area contributed by atoms with Gasteiger partial charge in [0.15, 0.2) is 0 Å². The Kier molecular flexibility index (Phi) is 4.45. The largest absolute Gasteiger partial charge is 0.331 e. The molecule has 146 valence electrons. The van der Waals surface area contributed by atoms with Gasteiger partial charge in [-0.1, -0.05) is 0 Å². The molecule has 27 heavy (non-hydrogen) atoms. The summed E-state index contributed by atoms with van der Waals surface area (Å²) < 4.78 is 2.58. The monoisotopic (exact) mass is 384 g/mol. The number of fused-ring (bicyclic) bond motifs is 2. The van der Waals surface area contributed by atoms with Crippen LogP contribution in [0.2, 0.25) is 0 Å². The third-order valence-corrected chi connectivity index (χ3v) is 7.91. The van der Waals surface area contributed by atoms with Gasteiger partial charge in [-0.25, -0.2) is 4.98 Å². The number of piperidine rings is 1. The van der Waals surface area contributed by atoms with Gasteiger partial charge in [-0.15, -0.1) is 11.3 Å². The van der Waals surface area contributed by atoms with Crippen LogP contribution in [0.25, 0.3) is 0 Å². The van der Waals surface area contributed by atoms with Gasteiger partial charge < -0.3 is 9.47 Å². The van der Waals surface area contributed by atoms with Gasteiger partial charge in [0.2, 0.25) is 0 Å². The Bertz CT molecular complexity index is 823. The van der Waals surface area contributed by atoms with E-state index in [1.54, 1.807) is 0 Å². The van der Waals surface area contributed by atoms with E-state index >= 15 is 0 Å². The molecule has 5 rings (SSSR count). The fourth-order valence-corrected chi connectivity index (χ4v) is 6.04. The topological polar surface area (TPSA) is 24.3 Å². The zero-order valence-electron chi connectivity index (χ0n) is 17.0. The molecule has 0 bridgehead atoms. The molecule has 2 aromatic rings. The van der Waals surface area contributed by atoms with Gasteiger partial charge in [0.05, 0.1) is 11.4 Å². The molecule has 2 aliphatic heterocycles. The minimum Gasteiger partial charge on any atom is -0.331 e. The van der Waals surface area contributed by atoms with Crippen LogP contribution in [-0.4, -0.2) is 46.0 Å². The molecule has 0 N–H and O–H groups in total. The molecule has 1 saturated carbocycles. The van der Waals surface area contributed by atoms with Crippen molar-refractivity contribution in [2.45, 2.75) is 64.6 Å². The summed E-state index contributed by atoms with van der Waals surface area (Å²) in [5.74, 6) is 2.14. The number of nitrogens with zero attached hydrogens (tertiary/aromatic N) is 4. The summed E-state index contributed by atoms with van der Waals surface area (Å²) in [4.78, 5) is 13.3. The summed E-state index contributed by atoms with van der Waals surface area (Å²) in [7, 11) is 2.26. The Balaban J connectivity index is 1.49. The van der Waals surface area contributed by atoms with Gasteiger partial charge in [0.25, 0.3) is 0 Å². The highest BCUT2D eigenvalue weighted by atomic mass is 32.1. The summed E-state index contributed by atoms with van der Waals surface area (Å²) >= 11 is 1.96. The molecular formula is C22H32N4S. The molecule has 1 aliphatic carbocycles. The van der Waals surface area contributed by atoms with E-state index in [1.165, 1.54) is 78.8 Å². The van der Waals surface area contributed by atoms with E-state index in [0.29, 0.717) is 0 Å². The van der Waals surface area contributed by atoms with Gasteiger partial charge in [-0.3, -0.25) is 4.90 Å². The van der Waals surface area contributed by atoms with Crippen molar-refractivity contribution >= 4 is 11.3 Å². The second-order valence-electron chi connectivity index (χ2n) is 9.25. The van der Waals surface area contributed by atoms with Crippen molar-refractivity contribution in [2.75, 3.05) is 26.7 Å². The molecule has 1 spiro atoms. The summed E-state index contributed by atoms with van der Waals surface area (Å²) in [5, 5.41) is 0. The van der Waals surface area contributed by atoms with Crippen molar-refractivity contribution in [2.24, 2.45) is 5.92 Å². The predicted octanol–water partition coefficient (Wildman–Crippen LogP) is 3.95. The SMILES string of the molecule is Cc1ccc(CN2Cc3c(nc(C)n3CC3CC3)C3(CCN(C)CC3)C2)s1. The highest BCUT2D eigenvalue weighted by Crippen LogP contribution is 2.43. The standard InChI is InChI=1S/C22H32N4S/c1-16-4-7-19(27-16)13-25-14-20-21(22(15-25)8-10-24(3)11-9-22)23-17(2)26(20)12-18-5-6-18/h4,7,18H,5-6,8-15H2,1-3H3. The van der Waals surface area contributed by atoms with E-state index in [4.69, 9.17) is 4.98 Å². The fraction of sp³-hybridized carbons (Fsp3) is 0.682. The lowest BCUT2D eigenvalue weighted by atomic mass is 9.72. The number of hydrogen-bond donors (Lipinski definition) is 0. The average molecular weight is 385 g/mol. The van der Waals surface area contributed by atoms with Crippen molar-refractivity contribution in [1.29, 1.82) is 0 Å². The van der Waals surface area contributed by atoms with Crippen LogP contribution in [0.4, 0.5) is 0 Å². The fourth-order valence-electron chi connectivity index (χ4n) is 5.11. The number of rotatable bonds is 4. The third kappa shape index (κ3) is 3.39. The molecule has 3 aliphatic rings. The molecule has 1 saturated heterocycles. The minimum atomic E-state index is 0.256. The van der Waals surface area contributed by atoms with Crippen molar-refractivity contribution in [1.82, 2.24) is 19.4 Å². The number of aromatic nitrogens is 2. The number of hydrogen-bond acceptors (Lipinski definition) is 4. The van der Waals surface area contributed by atoms with Crippen LogP contribution in [0.5, 0.6) is 0 Å². The summed E-state index contributed by atoms with van der Waals surface area (Å²) in [5.41, 5.74) is 3.24. The first-order valence-corrected chi connectivity index (χ1v) is 11.4. The molecule has 5 heteroatoms. The van der Waals surface area contributed by atoms with E-state index in [1.807, 2.05) is 11.3 Å². The Morgan fingerprint density at radius 1 is 1.19 bits per heavy atom. The lowest BCUT2D eigenvalue weighted by Crippen LogP contribution is -2.51. The van der Waals surface area contributed by atoms with Crippen molar-refractivity contribution < 1.29 is 0 Å². The third-order valence-electron chi connectivity index (χ3n) is 6.92. The first kappa shape index (κ1) is 17.9. The maximum atomic E-state index is 5.20. The Hall–Kier alpha value is -1.17. The molecule has 0 amide bonds. The number of imidazole rings is 1. The molecule has 0 aromatic carbocycles. The van der Waals surface area contributed by atoms with Crippen molar-refractivity contribution in [3.05, 3.63) is 39.1 Å². The molecule has 4 nitrogen and oxygen atoms in total. The van der Waals surface area contributed by atoms with Gasteiger partial charge in [-0.2, -0.15) is 0 Å². The number of thiophene rings is 1. The number of aryl methyl sites for hydroxylation is 2. The highest BCUT2D eigenvalue weighted by molar-refractivity contribution is 7.11. The summed E-state index contributed by atoms with van der Waals surface area (Å²) in [6.45, 7) is 11.4. The predicted molar refractivity (Wildman–Crippen MR) is 111 cm³/mol. The van der Waals surface area contributed by atoms with Crippen LogP contribution in [0.1, 0.15) is 52.6 Å². The average Bonchev–Trinajstić information content (AvgIpc) is 3.29. The highest BCUT2D eigenvalue weighted by Gasteiger charge is 2.45. The quantitative estimate of drug-likeness (QED) is 0.798. The minimum absolute atomic E-state index is 0.256. The van der Waals surface area contributed by atoms with Gasteiger partial charge in [0, 0.05) is 41.3 Å². The van der Waals surface area contributed by atoms with Crippen molar-refractivity contribution in [3.63, 3.8) is 0 Å². The van der Waals surface area contributed by atoms with Crippen LogP contribution in [-0.2, 0) is 25.0 Å². The lowest BCUT2D eigenvalue weighted by Gasteiger charge is -2.46. The summed E-state index contributed by atoms with van der Waals surface area (Å²) in [6.07, 6.45) is 5.30. The molecule has 0 radical (unpaired) electrons. The van der Waals surface area contributed by atoms with Crippen LogP contribution < -0.4 is 0 Å². The van der Waals surface area contributed by atoms with Crippen LogP contribution >= 0.6 is 11.3 Å². The zero-order chi connectivity index (χ0) is 18.6.